The van der Waals surface area contributed by atoms with Crippen LogP contribution in [0.5, 0.6) is 17.2 Å². The standard InChI is InChI=1S/C21H22O6/c1-24-18-12-16(13-19(25-2)21(18)26-3)17(22)14-20(23)27-11-7-10-15-8-5-4-6-9-15/h4-10,12-13H,11,14H2,1-3H3/b10-7+. The Labute approximate surface area is 158 Å². The highest BCUT2D eigenvalue weighted by Crippen LogP contribution is 2.38. The van der Waals surface area contributed by atoms with Crippen LogP contribution in [0.1, 0.15) is 22.3 Å². The lowest BCUT2D eigenvalue weighted by Gasteiger charge is -2.13. The van der Waals surface area contributed by atoms with E-state index in [0.29, 0.717) is 17.2 Å². The predicted octanol–water partition coefficient (Wildman–Crippen LogP) is 3.54. The molecule has 0 aliphatic carbocycles. The molecule has 2 aromatic carbocycles. The van der Waals surface area contributed by atoms with Gasteiger partial charge < -0.3 is 18.9 Å². The number of ether oxygens (including phenoxy) is 4. The van der Waals surface area contributed by atoms with Crippen molar-refractivity contribution in [2.24, 2.45) is 0 Å². The number of carbonyl (C=O) groups excluding carboxylic acids is 2. The highest BCUT2D eigenvalue weighted by Gasteiger charge is 2.19. The van der Waals surface area contributed by atoms with Gasteiger partial charge in [0.1, 0.15) is 13.0 Å². The van der Waals surface area contributed by atoms with E-state index in [1.54, 1.807) is 6.08 Å². The van der Waals surface area contributed by atoms with Gasteiger partial charge >= 0.3 is 5.97 Å². The highest BCUT2D eigenvalue weighted by atomic mass is 16.5. The first kappa shape index (κ1) is 20.0. The van der Waals surface area contributed by atoms with E-state index in [-0.39, 0.29) is 18.6 Å². The van der Waals surface area contributed by atoms with E-state index in [9.17, 15) is 9.59 Å². The van der Waals surface area contributed by atoms with Gasteiger partial charge in [0.05, 0.1) is 21.3 Å². The lowest BCUT2D eigenvalue weighted by atomic mass is 10.1. The molecular weight excluding hydrogens is 348 g/mol. The van der Waals surface area contributed by atoms with Gasteiger partial charge in [-0.2, -0.15) is 0 Å². The first-order chi connectivity index (χ1) is 13.1. The first-order valence-corrected chi connectivity index (χ1v) is 8.29. The lowest BCUT2D eigenvalue weighted by molar-refractivity contribution is -0.141. The molecular formula is C21H22O6. The molecule has 6 nitrogen and oxygen atoms in total. The van der Waals surface area contributed by atoms with E-state index in [1.165, 1.54) is 33.5 Å². The van der Waals surface area contributed by atoms with Crippen molar-refractivity contribution in [3.63, 3.8) is 0 Å². The van der Waals surface area contributed by atoms with Crippen molar-refractivity contribution in [3.8, 4) is 17.2 Å². The van der Waals surface area contributed by atoms with E-state index in [1.807, 2.05) is 36.4 Å². The van der Waals surface area contributed by atoms with Crippen molar-refractivity contribution in [2.45, 2.75) is 6.42 Å². The molecule has 2 aromatic rings. The van der Waals surface area contributed by atoms with Gasteiger partial charge in [0.15, 0.2) is 17.3 Å². The zero-order valence-corrected chi connectivity index (χ0v) is 15.6. The SMILES string of the molecule is COc1cc(C(=O)CC(=O)OC/C=C/c2ccccc2)cc(OC)c1OC. The first-order valence-electron chi connectivity index (χ1n) is 8.29. The topological polar surface area (TPSA) is 71.1 Å². The summed E-state index contributed by atoms with van der Waals surface area (Å²) in [6.07, 6.45) is 3.18. The summed E-state index contributed by atoms with van der Waals surface area (Å²) in [6.45, 7) is 0.0935. The summed E-state index contributed by atoms with van der Waals surface area (Å²) in [4.78, 5) is 24.3. The van der Waals surface area contributed by atoms with E-state index in [2.05, 4.69) is 0 Å². The van der Waals surface area contributed by atoms with Crippen LogP contribution in [0.3, 0.4) is 0 Å². The molecule has 142 valence electrons. The summed E-state index contributed by atoms with van der Waals surface area (Å²) in [5.41, 5.74) is 1.28. The summed E-state index contributed by atoms with van der Waals surface area (Å²) in [5.74, 6) is 0.0710. The van der Waals surface area contributed by atoms with Crippen LogP contribution in [0.4, 0.5) is 0 Å². The van der Waals surface area contributed by atoms with Crippen LogP contribution >= 0.6 is 0 Å². The Morgan fingerprint density at radius 1 is 0.926 bits per heavy atom. The predicted molar refractivity (Wildman–Crippen MR) is 101 cm³/mol. The van der Waals surface area contributed by atoms with Gasteiger partial charge in [-0.25, -0.2) is 0 Å². The largest absolute Gasteiger partial charge is 0.493 e. The fourth-order valence-electron chi connectivity index (χ4n) is 2.42. The van der Waals surface area contributed by atoms with Crippen LogP contribution in [-0.2, 0) is 9.53 Å². The van der Waals surface area contributed by atoms with Gasteiger partial charge in [-0.05, 0) is 23.8 Å². The summed E-state index contributed by atoms with van der Waals surface area (Å²) in [5, 5.41) is 0. The molecule has 27 heavy (non-hydrogen) atoms. The van der Waals surface area contributed by atoms with Crippen LogP contribution in [0.15, 0.2) is 48.5 Å². The molecule has 0 atom stereocenters. The van der Waals surface area contributed by atoms with Crippen molar-refractivity contribution < 1.29 is 28.5 Å². The van der Waals surface area contributed by atoms with E-state index in [4.69, 9.17) is 18.9 Å². The Hall–Kier alpha value is -3.28. The van der Waals surface area contributed by atoms with Crippen LogP contribution < -0.4 is 14.2 Å². The minimum absolute atomic E-state index is 0.0935. The quantitative estimate of drug-likeness (QED) is 0.382. The molecule has 0 saturated heterocycles. The molecule has 0 heterocycles. The Morgan fingerprint density at radius 3 is 2.11 bits per heavy atom. The zero-order chi connectivity index (χ0) is 19.6. The number of hydrogen-bond acceptors (Lipinski definition) is 6. The highest BCUT2D eigenvalue weighted by molar-refractivity contribution is 6.06. The smallest absolute Gasteiger partial charge is 0.314 e. The Balaban J connectivity index is 1.96. The molecule has 0 spiro atoms. The second kappa shape index (κ2) is 10.0. The lowest BCUT2D eigenvalue weighted by Crippen LogP contribution is -2.12. The third-order valence-electron chi connectivity index (χ3n) is 3.74. The van der Waals surface area contributed by atoms with E-state index >= 15 is 0 Å². The molecule has 0 N–H and O–H groups in total. The average Bonchev–Trinajstić information content (AvgIpc) is 2.70. The van der Waals surface area contributed by atoms with Crippen LogP contribution in [0, 0.1) is 0 Å². The molecule has 6 heteroatoms. The summed E-state index contributed by atoms with van der Waals surface area (Å²) in [7, 11) is 4.39. The third-order valence-corrected chi connectivity index (χ3v) is 3.74. The average molecular weight is 370 g/mol. The van der Waals surface area contributed by atoms with Gasteiger partial charge in [-0.15, -0.1) is 0 Å². The van der Waals surface area contributed by atoms with Gasteiger partial charge in [-0.3, -0.25) is 9.59 Å². The maximum atomic E-state index is 12.4. The number of hydrogen-bond donors (Lipinski definition) is 0. The van der Waals surface area contributed by atoms with Crippen molar-refractivity contribution in [2.75, 3.05) is 27.9 Å². The number of esters is 1. The van der Waals surface area contributed by atoms with Gasteiger partial charge in [0.2, 0.25) is 5.75 Å². The summed E-state index contributed by atoms with van der Waals surface area (Å²) >= 11 is 0. The molecule has 0 fully saturated rings. The molecule has 0 unspecified atom stereocenters. The van der Waals surface area contributed by atoms with Crippen molar-refractivity contribution >= 4 is 17.8 Å². The second-order valence-electron chi connectivity index (χ2n) is 5.51. The molecule has 0 aromatic heterocycles. The van der Waals surface area contributed by atoms with E-state index < -0.39 is 11.8 Å². The number of carbonyl (C=O) groups is 2. The van der Waals surface area contributed by atoms with Crippen LogP contribution in [0.2, 0.25) is 0 Å². The van der Waals surface area contributed by atoms with Gasteiger partial charge in [0.25, 0.3) is 0 Å². The number of methoxy groups -OCH3 is 3. The number of rotatable bonds is 9. The molecule has 0 radical (unpaired) electrons. The van der Waals surface area contributed by atoms with Crippen LogP contribution in [0.25, 0.3) is 6.08 Å². The maximum absolute atomic E-state index is 12.4. The Kier molecular flexibility index (Phi) is 7.43. The number of ketones is 1. The number of benzene rings is 2. The van der Waals surface area contributed by atoms with Crippen molar-refractivity contribution in [1.82, 2.24) is 0 Å². The monoisotopic (exact) mass is 370 g/mol. The van der Waals surface area contributed by atoms with E-state index in [0.717, 1.165) is 5.56 Å². The molecule has 0 aliphatic heterocycles. The number of Topliss-reactive ketones (excluding diaryl/α,β-unsaturated/α-hetero) is 1. The maximum Gasteiger partial charge on any atom is 0.314 e. The molecule has 2 rings (SSSR count). The fraction of sp³-hybridized carbons (Fsp3) is 0.238. The summed E-state index contributed by atoms with van der Waals surface area (Å²) in [6, 6.07) is 12.6. The Bertz CT molecular complexity index is 786. The third kappa shape index (κ3) is 5.60. The van der Waals surface area contributed by atoms with Crippen LogP contribution in [-0.4, -0.2) is 39.7 Å². The van der Waals surface area contributed by atoms with Crippen molar-refractivity contribution in [3.05, 3.63) is 59.7 Å². The molecule has 0 amide bonds. The van der Waals surface area contributed by atoms with Crippen molar-refractivity contribution in [1.29, 1.82) is 0 Å². The second-order valence-corrected chi connectivity index (χ2v) is 5.51. The molecule has 0 aliphatic rings. The summed E-state index contributed by atoms with van der Waals surface area (Å²) < 4.78 is 20.7. The normalized spacial score (nSPS) is 10.5. The minimum atomic E-state index is -0.605. The fourth-order valence-corrected chi connectivity index (χ4v) is 2.42. The Morgan fingerprint density at radius 2 is 1.56 bits per heavy atom. The van der Waals surface area contributed by atoms with Gasteiger partial charge in [0, 0.05) is 5.56 Å². The molecule has 0 saturated carbocycles. The minimum Gasteiger partial charge on any atom is -0.493 e. The van der Waals surface area contributed by atoms with Gasteiger partial charge in [-0.1, -0.05) is 36.4 Å². The molecule has 0 bridgehead atoms. The zero-order valence-electron chi connectivity index (χ0n) is 15.6.